The number of aromatic nitrogens is 2. The van der Waals surface area contributed by atoms with Gasteiger partial charge in [-0.15, -0.1) is 0 Å². The quantitative estimate of drug-likeness (QED) is 0.418. The normalized spacial score (nSPS) is 15.2. The number of nitrogens with one attached hydrogen (secondary N) is 1. The largest absolute Gasteiger partial charge is 0.303 e. The molecule has 1 aliphatic heterocycles. The number of hydrogen-bond donors (Lipinski definition) is 1. The van der Waals surface area contributed by atoms with E-state index in [0.29, 0.717) is 15.8 Å². The fraction of sp³-hybridized carbons (Fsp3) is 0.320. The summed E-state index contributed by atoms with van der Waals surface area (Å²) < 4.78 is 27.1. The van der Waals surface area contributed by atoms with Crippen molar-refractivity contribution in [3.05, 3.63) is 66.2 Å². The summed E-state index contributed by atoms with van der Waals surface area (Å²) in [4.78, 5) is 2.85. The minimum Gasteiger partial charge on any atom is -0.303 e. The summed E-state index contributed by atoms with van der Waals surface area (Å²) in [7, 11) is -3.73. The zero-order valence-electron chi connectivity index (χ0n) is 17.5. The molecule has 1 fully saturated rings. The summed E-state index contributed by atoms with van der Waals surface area (Å²) in [6.45, 7) is 3.63. The minimum absolute atomic E-state index is 0.178. The zero-order chi connectivity index (χ0) is 21.3. The van der Waals surface area contributed by atoms with E-state index in [0.717, 1.165) is 35.7 Å². The molecular weight excluding hydrogens is 406 g/mol. The van der Waals surface area contributed by atoms with Crippen molar-refractivity contribution in [1.82, 2.24) is 15.1 Å². The Hall–Kier alpha value is -2.70. The van der Waals surface area contributed by atoms with Crippen molar-refractivity contribution in [2.24, 2.45) is 0 Å². The number of fused-ring (bicyclic) bond motifs is 2. The molecule has 31 heavy (non-hydrogen) atoms. The summed E-state index contributed by atoms with van der Waals surface area (Å²) in [5.41, 5.74) is 1.84. The summed E-state index contributed by atoms with van der Waals surface area (Å²) in [6.07, 6.45) is 5.87. The highest BCUT2D eigenvalue weighted by atomic mass is 32.2. The Balaban J connectivity index is 1.42. The van der Waals surface area contributed by atoms with Crippen molar-refractivity contribution in [2.75, 3.05) is 19.6 Å². The Bertz CT molecular complexity index is 1320. The van der Waals surface area contributed by atoms with Crippen molar-refractivity contribution in [3.63, 3.8) is 0 Å². The van der Waals surface area contributed by atoms with Gasteiger partial charge in [0.05, 0.1) is 10.4 Å². The second kappa shape index (κ2) is 8.44. The molecule has 0 atom stereocenters. The van der Waals surface area contributed by atoms with Crippen LogP contribution in [0.3, 0.4) is 0 Å². The van der Waals surface area contributed by atoms with Gasteiger partial charge >= 0.3 is 0 Å². The van der Waals surface area contributed by atoms with Crippen molar-refractivity contribution < 1.29 is 8.42 Å². The summed E-state index contributed by atoms with van der Waals surface area (Å²) in [5, 5.41) is 9.56. The summed E-state index contributed by atoms with van der Waals surface area (Å²) in [6, 6.07) is 18.9. The first-order valence-electron chi connectivity index (χ1n) is 11.1. The molecule has 0 aliphatic carbocycles. The van der Waals surface area contributed by atoms with E-state index in [1.54, 1.807) is 12.1 Å². The Kier molecular flexibility index (Phi) is 5.50. The van der Waals surface area contributed by atoms with Crippen molar-refractivity contribution in [3.8, 4) is 0 Å². The van der Waals surface area contributed by atoms with Crippen LogP contribution in [0, 0.1) is 0 Å². The fourth-order valence-corrected chi connectivity index (χ4v) is 6.18. The molecule has 0 unspecified atom stereocenters. The van der Waals surface area contributed by atoms with Gasteiger partial charge in [-0.3, -0.25) is 5.10 Å². The van der Waals surface area contributed by atoms with Crippen molar-refractivity contribution in [2.45, 2.75) is 42.0 Å². The Labute approximate surface area is 183 Å². The van der Waals surface area contributed by atoms with Gasteiger partial charge in [-0.05, 0) is 80.9 Å². The number of sulfone groups is 1. The zero-order valence-corrected chi connectivity index (χ0v) is 18.4. The monoisotopic (exact) mass is 433 g/mol. The lowest BCUT2D eigenvalue weighted by atomic mass is 10.1. The molecule has 4 aromatic rings. The van der Waals surface area contributed by atoms with Crippen LogP contribution in [-0.4, -0.2) is 43.1 Å². The highest BCUT2D eigenvalue weighted by Crippen LogP contribution is 2.31. The maximum absolute atomic E-state index is 13.6. The molecule has 1 aromatic heterocycles. The van der Waals surface area contributed by atoms with Gasteiger partial charge in [0.2, 0.25) is 9.84 Å². The van der Waals surface area contributed by atoms with Crippen LogP contribution in [0.15, 0.2) is 70.6 Å². The van der Waals surface area contributed by atoms with Crippen LogP contribution in [0.1, 0.15) is 31.2 Å². The van der Waals surface area contributed by atoms with E-state index in [-0.39, 0.29) is 5.03 Å². The number of rotatable bonds is 7. The van der Waals surface area contributed by atoms with Crippen LogP contribution in [-0.2, 0) is 16.3 Å². The van der Waals surface area contributed by atoms with Gasteiger partial charge in [0.15, 0.2) is 5.03 Å². The van der Waals surface area contributed by atoms with E-state index >= 15 is 0 Å². The molecule has 0 bridgehead atoms. The third-order valence-corrected chi connectivity index (χ3v) is 8.06. The number of aromatic amines is 1. The summed E-state index contributed by atoms with van der Waals surface area (Å²) >= 11 is 0. The predicted octanol–water partition coefficient (Wildman–Crippen LogP) is 4.97. The number of H-pyrrole nitrogens is 1. The molecule has 1 aliphatic rings. The third-order valence-electron chi connectivity index (χ3n) is 6.28. The topological polar surface area (TPSA) is 66.1 Å². The molecule has 0 saturated carbocycles. The van der Waals surface area contributed by atoms with Crippen molar-refractivity contribution in [1.29, 1.82) is 0 Å². The molecule has 1 N–H and O–H groups in total. The Morgan fingerprint density at radius 1 is 0.903 bits per heavy atom. The smallest absolute Gasteiger partial charge is 0.224 e. The molecule has 6 heteroatoms. The number of aryl methyl sites for hydroxylation is 1. The van der Waals surface area contributed by atoms with Crippen LogP contribution >= 0.6 is 0 Å². The Morgan fingerprint density at radius 2 is 1.71 bits per heavy atom. The maximum atomic E-state index is 13.6. The average molecular weight is 434 g/mol. The first-order valence-corrected chi connectivity index (χ1v) is 12.5. The third kappa shape index (κ3) is 3.98. The number of hydrogen-bond acceptors (Lipinski definition) is 4. The van der Waals surface area contributed by atoms with Crippen LogP contribution in [0.4, 0.5) is 0 Å². The van der Waals surface area contributed by atoms with Crippen LogP contribution in [0.2, 0.25) is 0 Å². The molecule has 1 saturated heterocycles. The summed E-state index contributed by atoms with van der Waals surface area (Å²) in [5.74, 6) is 0. The fourth-order valence-electron chi connectivity index (χ4n) is 4.60. The van der Waals surface area contributed by atoms with Crippen LogP contribution in [0.5, 0.6) is 0 Å². The molecule has 0 amide bonds. The molecule has 5 nitrogen and oxygen atoms in total. The second-order valence-corrected chi connectivity index (χ2v) is 10.2. The number of nitrogens with zero attached hydrogens (tertiary/aromatic N) is 2. The first kappa shape index (κ1) is 20.2. The number of likely N-dealkylation sites (tertiary alicyclic amines) is 1. The number of unbranched alkanes of at least 4 members (excludes halogenated alkanes) is 1. The molecule has 0 spiro atoms. The van der Waals surface area contributed by atoms with E-state index in [2.05, 4.69) is 21.2 Å². The van der Waals surface area contributed by atoms with E-state index in [1.807, 2.05) is 42.5 Å². The number of benzene rings is 3. The van der Waals surface area contributed by atoms with Gasteiger partial charge in [-0.2, -0.15) is 5.10 Å². The van der Waals surface area contributed by atoms with Gasteiger partial charge < -0.3 is 4.90 Å². The molecule has 2 heterocycles. The molecule has 3 aromatic carbocycles. The molecule has 0 radical (unpaired) electrons. The lowest BCUT2D eigenvalue weighted by molar-refractivity contribution is 0.330. The van der Waals surface area contributed by atoms with Gasteiger partial charge in [0.1, 0.15) is 0 Å². The predicted molar refractivity (Wildman–Crippen MR) is 124 cm³/mol. The standard InChI is InChI=1S/C25H27N3O2S/c29-31(30,24-12-7-10-20-9-1-2-11-21(20)24)25-22-18-19(13-14-23(22)26-27-25)8-3-4-15-28-16-5-6-17-28/h1-2,7,9-14,18H,3-6,8,15-17H2,(H,26,27). The minimum atomic E-state index is -3.73. The second-order valence-electron chi connectivity index (χ2n) is 8.39. The average Bonchev–Trinajstić information content (AvgIpc) is 3.46. The van der Waals surface area contributed by atoms with Gasteiger partial charge in [-0.1, -0.05) is 42.5 Å². The van der Waals surface area contributed by atoms with Gasteiger partial charge in [0, 0.05) is 10.8 Å². The highest BCUT2D eigenvalue weighted by Gasteiger charge is 2.25. The molecule has 160 valence electrons. The lowest BCUT2D eigenvalue weighted by Gasteiger charge is -2.13. The molecular formula is C25H27N3O2S. The van der Waals surface area contributed by atoms with Crippen LogP contribution in [0.25, 0.3) is 21.7 Å². The van der Waals surface area contributed by atoms with Crippen LogP contribution < -0.4 is 0 Å². The van der Waals surface area contributed by atoms with Gasteiger partial charge in [-0.25, -0.2) is 8.42 Å². The van der Waals surface area contributed by atoms with E-state index in [9.17, 15) is 8.42 Å². The highest BCUT2D eigenvalue weighted by molar-refractivity contribution is 7.91. The van der Waals surface area contributed by atoms with E-state index in [1.165, 1.54) is 32.4 Å². The van der Waals surface area contributed by atoms with Gasteiger partial charge in [0.25, 0.3) is 0 Å². The van der Waals surface area contributed by atoms with E-state index in [4.69, 9.17) is 0 Å². The first-order chi connectivity index (χ1) is 15.1. The van der Waals surface area contributed by atoms with E-state index < -0.39 is 9.84 Å². The SMILES string of the molecule is O=S(=O)(c1cccc2ccccc12)c1[nH]nc2ccc(CCCCN3CCCC3)cc12. The van der Waals surface area contributed by atoms with Crippen molar-refractivity contribution >= 4 is 31.5 Å². The molecule has 5 rings (SSSR count). The Morgan fingerprint density at radius 3 is 2.58 bits per heavy atom. The maximum Gasteiger partial charge on any atom is 0.224 e. The lowest BCUT2D eigenvalue weighted by Crippen LogP contribution is -2.20.